The first-order chi connectivity index (χ1) is 15.8. The lowest BCUT2D eigenvalue weighted by atomic mass is 10.0. The zero-order chi connectivity index (χ0) is 24.0. The van der Waals surface area contributed by atoms with Crippen LogP contribution in [0.4, 0.5) is 15.8 Å². The van der Waals surface area contributed by atoms with E-state index in [1.165, 1.54) is 19.1 Å². The lowest BCUT2D eigenvalue weighted by Gasteiger charge is -2.20. The van der Waals surface area contributed by atoms with Gasteiger partial charge in [0.05, 0.1) is 5.69 Å². The summed E-state index contributed by atoms with van der Waals surface area (Å²) in [5, 5.41) is 20.0. The quantitative estimate of drug-likeness (QED) is 0.270. The van der Waals surface area contributed by atoms with Gasteiger partial charge in [0, 0.05) is 66.1 Å². The molecule has 0 saturated heterocycles. The molecule has 9 heteroatoms. The highest BCUT2D eigenvalue weighted by atomic mass is 35.5. The van der Waals surface area contributed by atoms with Crippen LogP contribution < -0.4 is 16.0 Å². The summed E-state index contributed by atoms with van der Waals surface area (Å²) >= 11 is 6.07. The monoisotopic (exact) mass is 471 g/mol. The Morgan fingerprint density at radius 1 is 1.12 bits per heavy atom. The minimum Gasteiger partial charge on any atom is -0.374 e. The predicted molar refractivity (Wildman–Crippen MR) is 128 cm³/mol. The number of carbonyl (C=O) groups is 1. The van der Waals surface area contributed by atoms with E-state index in [9.17, 15) is 14.3 Å². The highest BCUT2D eigenvalue weighted by Crippen LogP contribution is 2.33. The molecule has 33 heavy (non-hydrogen) atoms. The number of aromatic nitrogens is 2. The molecule has 0 saturated carbocycles. The third kappa shape index (κ3) is 6.47. The molecule has 7 nitrogen and oxygen atoms in total. The first kappa shape index (κ1) is 24.6. The number of benzene rings is 1. The molecule has 174 valence electrons. The fraction of sp³-hybridized carbons (Fsp3) is 0.292. The molecule has 0 aliphatic rings. The standard InChI is InChI=1S/C24H27ClFN5O2/c1-14(2)18-13-30-22(17-10-16(25)4-5-20(17)26)11-23(18)31-21-6-7-27-12-19(21)24(33)29-9-8-28-15(3)32/h4-7,10-14,24,29,33H,8-9H2,1-3H3,(H,28,32)(H,27,30,31). The van der Waals surface area contributed by atoms with E-state index in [0.717, 1.165) is 11.3 Å². The molecule has 3 aromatic rings. The van der Waals surface area contributed by atoms with Crippen LogP contribution >= 0.6 is 11.6 Å². The maximum atomic E-state index is 14.4. The van der Waals surface area contributed by atoms with Crippen molar-refractivity contribution in [1.29, 1.82) is 0 Å². The molecule has 4 N–H and O–H groups in total. The van der Waals surface area contributed by atoms with Gasteiger partial charge in [0.25, 0.3) is 0 Å². The summed E-state index contributed by atoms with van der Waals surface area (Å²) in [6.07, 6.45) is 3.88. The van der Waals surface area contributed by atoms with Crippen molar-refractivity contribution in [3.05, 3.63) is 70.9 Å². The lowest BCUT2D eigenvalue weighted by molar-refractivity contribution is -0.118. The first-order valence-electron chi connectivity index (χ1n) is 10.6. The number of carbonyl (C=O) groups excluding carboxylic acids is 1. The van der Waals surface area contributed by atoms with E-state index in [-0.39, 0.29) is 11.8 Å². The van der Waals surface area contributed by atoms with E-state index in [1.807, 2.05) is 13.8 Å². The number of hydrogen-bond donors (Lipinski definition) is 4. The van der Waals surface area contributed by atoms with Crippen LogP contribution in [-0.4, -0.2) is 34.1 Å². The average Bonchev–Trinajstić information content (AvgIpc) is 2.78. The SMILES string of the molecule is CC(=O)NCCNC(O)c1cnccc1Nc1cc(-c2cc(Cl)ccc2F)ncc1C(C)C. The van der Waals surface area contributed by atoms with Crippen molar-refractivity contribution in [2.75, 3.05) is 18.4 Å². The zero-order valence-electron chi connectivity index (χ0n) is 18.7. The largest absolute Gasteiger partial charge is 0.374 e. The third-order valence-corrected chi connectivity index (χ3v) is 5.25. The second-order valence-corrected chi connectivity index (χ2v) is 8.30. The number of aliphatic hydroxyl groups is 1. The summed E-state index contributed by atoms with van der Waals surface area (Å²) in [5.74, 6) is -0.413. The highest BCUT2D eigenvalue weighted by Gasteiger charge is 2.17. The van der Waals surface area contributed by atoms with E-state index < -0.39 is 12.0 Å². The molecular weight excluding hydrogens is 445 g/mol. The second-order valence-electron chi connectivity index (χ2n) is 7.86. The van der Waals surface area contributed by atoms with Gasteiger partial charge in [-0.15, -0.1) is 0 Å². The van der Waals surface area contributed by atoms with Crippen molar-refractivity contribution < 1.29 is 14.3 Å². The molecule has 2 heterocycles. The van der Waals surface area contributed by atoms with Gasteiger partial charge in [0.1, 0.15) is 12.0 Å². The fourth-order valence-electron chi connectivity index (χ4n) is 3.32. The van der Waals surface area contributed by atoms with E-state index >= 15 is 0 Å². The Bertz CT molecular complexity index is 1130. The summed E-state index contributed by atoms with van der Waals surface area (Å²) in [6, 6.07) is 7.86. The number of pyridine rings is 2. The molecule has 1 atom stereocenters. The molecule has 0 aliphatic carbocycles. The van der Waals surface area contributed by atoms with E-state index in [4.69, 9.17) is 11.6 Å². The van der Waals surface area contributed by atoms with E-state index in [1.54, 1.807) is 36.8 Å². The number of nitrogens with one attached hydrogen (secondary N) is 3. The lowest BCUT2D eigenvalue weighted by Crippen LogP contribution is -2.32. The van der Waals surface area contributed by atoms with Gasteiger partial charge in [-0.25, -0.2) is 4.39 Å². The van der Waals surface area contributed by atoms with Crippen LogP contribution in [0.3, 0.4) is 0 Å². The molecule has 0 fully saturated rings. The van der Waals surface area contributed by atoms with Crippen LogP contribution in [0.2, 0.25) is 5.02 Å². The molecule has 1 unspecified atom stereocenters. The van der Waals surface area contributed by atoms with Gasteiger partial charge in [-0.3, -0.25) is 20.1 Å². The Morgan fingerprint density at radius 2 is 1.91 bits per heavy atom. The van der Waals surface area contributed by atoms with Crippen molar-refractivity contribution in [1.82, 2.24) is 20.6 Å². The number of aliphatic hydroxyl groups excluding tert-OH is 1. The maximum absolute atomic E-state index is 14.4. The van der Waals surface area contributed by atoms with Crippen LogP contribution in [0, 0.1) is 5.82 Å². The van der Waals surface area contributed by atoms with Gasteiger partial charge in [-0.1, -0.05) is 25.4 Å². The smallest absolute Gasteiger partial charge is 0.216 e. The fourth-order valence-corrected chi connectivity index (χ4v) is 3.49. The number of amides is 1. The number of rotatable bonds is 9. The molecule has 1 amide bonds. The van der Waals surface area contributed by atoms with E-state index in [2.05, 4.69) is 25.9 Å². The van der Waals surface area contributed by atoms with Crippen molar-refractivity contribution in [2.24, 2.45) is 0 Å². The molecule has 3 rings (SSSR count). The van der Waals surface area contributed by atoms with Gasteiger partial charge >= 0.3 is 0 Å². The van der Waals surface area contributed by atoms with Crippen molar-refractivity contribution >= 4 is 28.9 Å². The third-order valence-electron chi connectivity index (χ3n) is 5.01. The Morgan fingerprint density at radius 3 is 2.64 bits per heavy atom. The summed E-state index contributed by atoms with van der Waals surface area (Å²) in [7, 11) is 0. The minimum absolute atomic E-state index is 0.138. The van der Waals surface area contributed by atoms with Crippen LogP contribution in [0.25, 0.3) is 11.3 Å². The Balaban J connectivity index is 1.91. The van der Waals surface area contributed by atoms with Gasteiger partial charge < -0.3 is 15.7 Å². The molecular formula is C24H27ClFN5O2. The summed E-state index contributed by atoms with van der Waals surface area (Å²) in [4.78, 5) is 19.6. The van der Waals surface area contributed by atoms with Gasteiger partial charge in [0.15, 0.2) is 0 Å². The number of anilines is 2. The molecule has 0 aliphatic heterocycles. The van der Waals surface area contributed by atoms with Gasteiger partial charge in [0.2, 0.25) is 5.91 Å². The van der Waals surface area contributed by atoms with Crippen LogP contribution in [0.15, 0.2) is 48.9 Å². The molecule has 1 aromatic carbocycles. The topological polar surface area (TPSA) is 99.2 Å². The predicted octanol–water partition coefficient (Wildman–Crippen LogP) is 4.52. The first-order valence-corrected chi connectivity index (χ1v) is 11.0. The Labute approximate surface area is 197 Å². The normalized spacial score (nSPS) is 12.0. The second kappa shape index (κ2) is 11.2. The Hall–Kier alpha value is -3.07. The van der Waals surface area contributed by atoms with Crippen LogP contribution in [-0.2, 0) is 4.79 Å². The molecule has 0 spiro atoms. The molecule has 0 bridgehead atoms. The summed E-state index contributed by atoms with van der Waals surface area (Å²) in [6.45, 7) is 6.26. The van der Waals surface area contributed by atoms with Crippen LogP contribution in [0.1, 0.15) is 44.0 Å². The molecule has 0 radical (unpaired) electrons. The summed E-state index contributed by atoms with van der Waals surface area (Å²) in [5.41, 5.74) is 3.56. The minimum atomic E-state index is -1.01. The van der Waals surface area contributed by atoms with Crippen molar-refractivity contribution in [2.45, 2.75) is 32.9 Å². The Kier molecular flexibility index (Phi) is 8.32. The average molecular weight is 472 g/mol. The number of hydrogen-bond acceptors (Lipinski definition) is 6. The maximum Gasteiger partial charge on any atom is 0.216 e. The van der Waals surface area contributed by atoms with Crippen molar-refractivity contribution in [3.8, 4) is 11.3 Å². The highest BCUT2D eigenvalue weighted by molar-refractivity contribution is 6.30. The van der Waals surface area contributed by atoms with Crippen LogP contribution in [0.5, 0.6) is 0 Å². The molecule has 2 aromatic heterocycles. The van der Waals surface area contributed by atoms with Gasteiger partial charge in [-0.05, 0) is 41.8 Å². The number of nitrogens with zero attached hydrogens (tertiary/aromatic N) is 2. The van der Waals surface area contributed by atoms with Gasteiger partial charge in [-0.2, -0.15) is 0 Å². The van der Waals surface area contributed by atoms with E-state index in [0.29, 0.717) is 40.6 Å². The number of halogens is 2. The van der Waals surface area contributed by atoms with Crippen molar-refractivity contribution in [3.63, 3.8) is 0 Å². The summed E-state index contributed by atoms with van der Waals surface area (Å²) < 4.78 is 14.4. The zero-order valence-corrected chi connectivity index (χ0v) is 19.4.